The van der Waals surface area contributed by atoms with Gasteiger partial charge < -0.3 is 5.32 Å². The highest BCUT2D eigenvalue weighted by molar-refractivity contribution is 6.10. The summed E-state index contributed by atoms with van der Waals surface area (Å²) in [4.78, 5) is 26.7. The molecule has 3 aromatic rings. The summed E-state index contributed by atoms with van der Waals surface area (Å²) < 4.78 is 0. The van der Waals surface area contributed by atoms with E-state index >= 15 is 0 Å². The van der Waals surface area contributed by atoms with Crippen molar-refractivity contribution in [3.63, 3.8) is 0 Å². The Kier molecular flexibility index (Phi) is 3.03. The van der Waals surface area contributed by atoms with Crippen molar-refractivity contribution in [1.29, 1.82) is 0 Å². The molecule has 0 unspecified atom stereocenters. The summed E-state index contributed by atoms with van der Waals surface area (Å²) in [6.45, 7) is 0. The summed E-state index contributed by atoms with van der Waals surface area (Å²) in [7, 11) is 0. The van der Waals surface area contributed by atoms with Crippen LogP contribution in [-0.4, -0.2) is 26.0 Å². The molecule has 0 fully saturated rings. The van der Waals surface area contributed by atoms with Crippen LogP contribution in [0.15, 0.2) is 42.7 Å². The fourth-order valence-corrected chi connectivity index (χ4v) is 1.97. The molecule has 104 valence electrons. The van der Waals surface area contributed by atoms with Gasteiger partial charge in [-0.1, -0.05) is 12.1 Å². The molecule has 1 amide bonds. The third-order valence-corrected chi connectivity index (χ3v) is 2.95. The number of fused-ring (bicyclic) bond motifs is 1. The first kappa shape index (κ1) is 12.7. The van der Waals surface area contributed by atoms with Gasteiger partial charge in [0, 0.05) is 12.3 Å². The number of rotatable bonds is 3. The number of H-pyrrole nitrogens is 1. The standard InChI is InChI=1S/C13H9N5O3/c19-13(8-3-1-2-4-11(8)18(20)21)16-10-5-6-14-12-9(10)7-15-17-12/h1-7H,(H2,14,15,16,17,19). The highest BCUT2D eigenvalue weighted by atomic mass is 16.6. The zero-order chi connectivity index (χ0) is 14.8. The molecule has 0 radical (unpaired) electrons. The lowest BCUT2D eigenvalue weighted by atomic mass is 10.1. The lowest BCUT2D eigenvalue weighted by Crippen LogP contribution is -2.14. The highest BCUT2D eigenvalue weighted by Gasteiger charge is 2.19. The lowest BCUT2D eigenvalue weighted by Gasteiger charge is -2.06. The molecule has 2 N–H and O–H groups in total. The number of aromatic amines is 1. The number of hydrogen-bond donors (Lipinski definition) is 2. The van der Waals surface area contributed by atoms with Gasteiger partial charge in [-0.25, -0.2) is 4.98 Å². The summed E-state index contributed by atoms with van der Waals surface area (Å²) in [5.74, 6) is -0.559. The Morgan fingerprint density at radius 3 is 2.90 bits per heavy atom. The van der Waals surface area contributed by atoms with Gasteiger partial charge in [0.15, 0.2) is 5.65 Å². The smallest absolute Gasteiger partial charge is 0.282 e. The van der Waals surface area contributed by atoms with Crippen molar-refractivity contribution in [1.82, 2.24) is 15.2 Å². The van der Waals surface area contributed by atoms with E-state index in [1.54, 1.807) is 12.1 Å². The number of anilines is 1. The number of pyridine rings is 1. The van der Waals surface area contributed by atoms with Crippen molar-refractivity contribution in [3.05, 3.63) is 58.4 Å². The van der Waals surface area contributed by atoms with E-state index in [1.165, 1.54) is 30.6 Å². The van der Waals surface area contributed by atoms with Crippen molar-refractivity contribution < 1.29 is 9.72 Å². The number of nitro groups is 1. The molecule has 2 heterocycles. The zero-order valence-electron chi connectivity index (χ0n) is 10.6. The van der Waals surface area contributed by atoms with Crippen LogP contribution in [0, 0.1) is 10.1 Å². The molecule has 0 saturated heterocycles. The molecular formula is C13H9N5O3. The number of para-hydroxylation sites is 1. The molecular weight excluding hydrogens is 274 g/mol. The van der Waals surface area contributed by atoms with Crippen molar-refractivity contribution in [2.24, 2.45) is 0 Å². The molecule has 0 bridgehead atoms. The number of benzene rings is 1. The number of carbonyl (C=O) groups excluding carboxylic acids is 1. The number of nitrogens with zero attached hydrogens (tertiary/aromatic N) is 3. The molecule has 8 nitrogen and oxygen atoms in total. The molecule has 0 aliphatic heterocycles. The topological polar surface area (TPSA) is 114 Å². The SMILES string of the molecule is O=C(Nc1ccnc2[nH]ncc12)c1ccccc1[N+](=O)[O-]. The van der Waals surface area contributed by atoms with Crippen LogP contribution in [-0.2, 0) is 0 Å². The molecule has 21 heavy (non-hydrogen) atoms. The average Bonchev–Trinajstić information content (AvgIpc) is 2.96. The van der Waals surface area contributed by atoms with E-state index in [0.717, 1.165) is 0 Å². The molecule has 0 atom stereocenters. The van der Waals surface area contributed by atoms with Crippen molar-refractivity contribution in [3.8, 4) is 0 Å². The minimum atomic E-state index is -0.588. The summed E-state index contributed by atoms with van der Waals surface area (Å²) in [5, 5.41) is 20.7. The van der Waals surface area contributed by atoms with E-state index < -0.39 is 10.8 Å². The highest BCUT2D eigenvalue weighted by Crippen LogP contribution is 2.22. The van der Waals surface area contributed by atoms with E-state index in [-0.39, 0.29) is 11.3 Å². The first-order valence-corrected chi connectivity index (χ1v) is 5.99. The van der Waals surface area contributed by atoms with Crippen LogP contribution in [0.4, 0.5) is 11.4 Å². The van der Waals surface area contributed by atoms with Crippen molar-refractivity contribution in [2.45, 2.75) is 0 Å². The number of hydrogen-bond acceptors (Lipinski definition) is 5. The van der Waals surface area contributed by atoms with Gasteiger partial charge in [-0.05, 0) is 12.1 Å². The van der Waals surface area contributed by atoms with E-state index in [1.807, 2.05) is 0 Å². The molecule has 8 heteroatoms. The van der Waals surface area contributed by atoms with Crippen LogP contribution in [0.3, 0.4) is 0 Å². The van der Waals surface area contributed by atoms with Crippen LogP contribution in [0.2, 0.25) is 0 Å². The molecule has 0 saturated carbocycles. The average molecular weight is 283 g/mol. The first-order chi connectivity index (χ1) is 10.2. The van der Waals surface area contributed by atoms with Crippen LogP contribution in [0.1, 0.15) is 10.4 Å². The van der Waals surface area contributed by atoms with Gasteiger partial charge in [0.1, 0.15) is 5.56 Å². The van der Waals surface area contributed by atoms with Crippen molar-refractivity contribution in [2.75, 3.05) is 5.32 Å². The second-order valence-corrected chi connectivity index (χ2v) is 4.22. The first-order valence-electron chi connectivity index (χ1n) is 5.99. The fourth-order valence-electron chi connectivity index (χ4n) is 1.97. The molecule has 0 aliphatic rings. The van der Waals surface area contributed by atoms with Crippen LogP contribution < -0.4 is 5.32 Å². The Bertz CT molecular complexity index is 842. The molecule has 0 aliphatic carbocycles. The Labute approximate surface area is 118 Å². The zero-order valence-corrected chi connectivity index (χ0v) is 10.6. The Morgan fingerprint density at radius 1 is 1.29 bits per heavy atom. The van der Waals surface area contributed by atoms with Crippen LogP contribution >= 0.6 is 0 Å². The molecule has 1 aromatic carbocycles. The largest absolute Gasteiger partial charge is 0.321 e. The number of carbonyl (C=O) groups is 1. The van der Waals surface area contributed by atoms with Gasteiger partial charge >= 0.3 is 0 Å². The number of amides is 1. The third-order valence-electron chi connectivity index (χ3n) is 2.95. The monoisotopic (exact) mass is 283 g/mol. The van der Waals surface area contributed by atoms with Gasteiger partial charge in [-0.3, -0.25) is 20.0 Å². The quantitative estimate of drug-likeness (QED) is 0.564. The summed E-state index contributed by atoms with van der Waals surface area (Å²) in [5.41, 5.74) is 0.760. The summed E-state index contributed by atoms with van der Waals surface area (Å²) in [6.07, 6.45) is 3.03. The van der Waals surface area contributed by atoms with Gasteiger partial charge in [-0.2, -0.15) is 5.10 Å². The predicted octanol–water partition coefficient (Wildman–Crippen LogP) is 2.12. The molecule has 2 aromatic heterocycles. The Morgan fingerprint density at radius 2 is 2.10 bits per heavy atom. The van der Waals surface area contributed by atoms with Gasteiger partial charge in [0.2, 0.25) is 0 Å². The normalized spacial score (nSPS) is 10.5. The maximum Gasteiger partial charge on any atom is 0.282 e. The minimum absolute atomic E-state index is 0.00374. The number of aromatic nitrogens is 3. The summed E-state index contributed by atoms with van der Waals surface area (Å²) in [6, 6.07) is 7.37. The van der Waals surface area contributed by atoms with E-state index in [2.05, 4.69) is 20.5 Å². The van der Waals surface area contributed by atoms with E-state index in [4.69, 9.17) is 0 Å². The van der Waals surface area contributed by atoms with Crippen LogP contribution in [0.5, 0.6) is 0 Å². The van der Waals surface area contributed by atoms with E-state index in [0.29, 0.717) is 16.7 Å². The maximum atomic E-state index is 12.2. The number of nitro benzene ring substituents is 1. The molecule has 3 rings (SSSR count). The predicted molar refractivity (Wildman–Crippen MR) is 74.9 cm³/mol. The van der Waals surface area contributed by atoms with Gasteiger partial charge in [0.05, 0.1) is 22.2 Å². The minimum Gasteiger partial charge on any atom is -0.321 e. The number of nitrogens with one attached hydrogen (secondary N) is 2. The second-order valence-electron chi connectivity index (χ2n) is 4.22. The van der Waals surface area contributed by atoms with Gasteiger partial charge in [0.25, 0.3) is 11.6 Å². The second kappa shape index (κ2) is 5.00. The Balaban J connectivity index is 1.97. The Hall–Kier alpha value is -3.29. The van der Waals surface area contributed by atoms with Crippen molar-refractivity contribution >= 4 is 28.3 Å². The van der Waals surface area contributed by atoms with E-state index in [9.17, 15) is 14.9 Å². The molecule has 0 spiro atoms. The lowest BCUT2D eigenvalue weighted by molar-refractivity contribution is -0.385. The summed E-state index contributed by atoms with van der Waals surface area (Å²) >= 11 is 0. The maximum absolute atomic E-state index is 12.2. The van der Waals surface area contributed by atoms with Crippen LogP contribution in [0.25, 0.3) is 11.0 Å². The third kappa shape index (κ3) is 2.29. The fraction of sp³-hybridized carbons (Fsp3) is 0. The van der Waals surface area contributed by atoms with Gasteiger partial charge in [-0.15, -0.1) is 0 Å².